The van der Waals surface area contributed by atoms with Crippen LogP contribution in [0.4, 0.5) is 0 Å². The second-order valence-corrected chi connectivity index (χ2v) is 2.07. The van der Waals surface area contributed by atoms with E-state index in [0.29, 0.717) is 0 Å². The van der Waals surface area contributed by atoms with Crippen molar-refractivity contribution in [3.63, 3.8) is 0 Å². The summed E-state index contributed by atoms with van der Waals surface area (Å²) in [4.78, 5) is 3.82. The van der Waals surface area contributed by atoms with Crippen molar-refractivity contribution >= 4 is 24.8 Å². The van der Waals surface area contributed by atoms with Crippen molar-refractivity contribution in [2.45, 2.75) is 6.04 Å². The summed E-state index contributed by atoms with van der Waals surface area (Å²) in [5.74, 6) is 0. The third kappa shape index (κ3) is 3.88. The average molecular weight is 211 g/mol. The van der Waals surface area contributed by atoms with Gasteiger partial charge in [0.25, 0.3) is 0 Å². The third-order valence-electron chi connectivity index (χ3n) is 1.33. The molecule has 12 heavy (non-hydrogen) atoms. The van der Waals surface area contributed by atoms with Gasteiger partial charge in [-0.2, -0.15) is 0 Å². The lowest BCUT2D eigenvalue weighted by atomic mass is 10.1. The summed E-state index contributed by atoms with van der Waals surface area (Å²) in [5, 5.41) is 8.64. The fourth-order valence-electron chi connectivity index (χ4n) is 0.716. The van der Waals surface area contributed by atoms with Crippen molar-refractivity contribution in [1.82, 2.24) is 4.98 Å². The quantitative estimate of drug-likeness (QED) is 0.764. The van der Waals surface area contributed by atoms with Crippen LogP contribution in [0.5, 0.6) is 0 Å². The maximum atomic E-state index is 8.64. The number of nitrogens with two attached hydrogens (primary N) is 1. The van der Waals surface area contributed by atoms with Crippen LogP contribution in [-0.2, 0) is 0 Å². The second-order valence-electron chi connectivity index (χ2n) is 2.07. The minimum atomic E-state index is -0.275. The van der Waals surface area contributed by atoms with Crippen LogP contribution in [0.3, 0.4) is 0 Å². The molecule has 70 valence electrons. The van der Waals surface area contributed by atoms with Crippen molar-refractivity contribution < 1.29 is 5.11 Å². The van der Waals surface area contributed by atoms with Gasteiger partial charge in [-0.05, 0) is 17.7 Å². The molecule has 1 atom stereocenters. The first-order chi connectivity index (χ1) is 4.84. The fraction of sp³-hybridized carbons (Fsp3) is 0.286. The molecule has 3 nitrogen and oxygen atoms in total. The van der Waals surface area contributed by atoms with Crippen molar-refractivity contribution in [2.75, 3.05) is 6.61 Å². The highest BCUT2D eigenvalue weighted by molar-refractivity contribution is 5.85. The zero-order chi connectivity index (χ0) is 7.40. The number of hydrogen-bond acceptors (Lipinski definition) is 3. The van der Waals surface area contributed by atoms with Gasteiger partial charge in [-0.15, -0.1) is 24.8 Å². The summed E-state index contributed by atoms with van der Waals surface area (Å²) >= 11 is 0. The van der Waals surface area contributed by atoms with Gasteiger partial charge in [0.05, 0.1) is 12.6 Å². The van der Waals surface area contributed by atoms with Gasteiger partial charge in [-0.1, -0.05) is 0 Å². The summed E-state index contributed by atoms with van der Waals surface area (Å²) in [6.07, 6.45) is 3.32. The number of pyridine rings is 1. The Morgan fingerprint density at radius 2 is 1.83 bits per heavy atom. The highest BCUT2D eigenvalue weighted by atomic mass is 35.5. The third-order valence-corrected chi connectivity index (χ3v) is 1.33. The van der Waals surface area contributed by atoms with Gasteiger partial charge in [0.15, 0.2) is 0 Å². The first kappa shape index (κ1) is 14.2. The van der Waals surface area contributed by atoms with Gasteiger partial charge in [0.2, 0.25) is 0 Å². The summed E-state index contributed by atoms with van der Waals surface area (Å²) < 4.78 is 0. The zero-order valence-corrected chi connectivity index (χ0v) is 8.02. The van der Waals surface area contributed by atoms with E-state index in [1.807, 2.05) is 0 Å². The van der Waals surface area contributed by atoms with E-state index in [0.717, 1.165) is 5.56 Å². The molecule has 0 aromatic carbocycles. The summed E-state index contributed by atoms with van der Waals surface area (Å²) in [5.41, 5.74) is 6.43. The van der Waals surface area contributed by atoms with Gasteiger partial charge < -0.3 is 10.8 Å². The molecule has 1 rings (SSSR count). The molecule has 0 fully saturated rings. The standard InChI is InChI=1S/C7H10N2O.2ClH/c8-7(5-10)6-1-3-9-4-2-6;;/h1-4,7,10H,5,8H2;2*1H/t7-;;/m1../s1. The molecule has 0 saturated heterocycles. The first-order valence-electron chi connectivity index (χ1n) is 3.11. The van der Waals surface area contributed by atoms with Crippen LogP contribution in [0, 0.1) is 0 Å². The number of nitrogens with zero attached hydrogens (tertiary/aromatic N) is 1. The molecule has 0 spiro atoms. The van der Waals surface area contributed by atoms with E-state index >= 15 is 0 Å². The molecule has 0 aliphatic rings. The Morgan fingerprint density at radius 3 is 2.25 bits per heavy atom. The lowest BCUT2D eigenvalue weighted by Gasteiger charge is -2.05. The number of halogens is 2. The molecule has 0 bridgehead atoms. The first-order valence-corrected chi connectivity index (χ1v) is 3.11. The smallest absolute Gasteiger partial charge is 0.0624 e. The molecule has 0 amide bonds. The van der Waals surface area contributed by atoms with E-state index in [9.17, 15) is 0 Å². The lowest BCUT2D eigenvalue weighted by Crippen LogP contribution is -2.14. The molecule has 1 aromatic rings. The van der Waals surface area contributed by atoms with Crippen LogP contribution >= 0.6 is 24.8 Å². The molecular formula is C7H12Cl2N2O. The number of aromatic nitrogens is 1. The minimum Gasteiger partial charge on any atom is -0.394 e. The van der Waals surface area contributed by atoms with Crippen LogP contribution in [0.1, 0.15) is 11.6 Å². The number of aliphatic hydroxyl groups excluding tert-OH is 1. The second kappa shape index (κ2) is 7.31. The predicted molar refractivity (Wildman–Crippen MR) is 52.7 cm³/mol. The Hall–Kier alpha value is -0.350. The lowest BCUT2D eigenvalue weighted by molar-refractivity contribution is 0.268. The van der Waals surface area contributed by atoms with E-state index in [1.54, 1.807) is 24.5 Å². The largest absolute Gasteiger partial charge is 0.394 e. The molecule has 1 heterocycles. The van der Waals surface area contributed by atoms with Crippen molar-refractivity contribution in [1.29, 1.82) is 0 Å². The van der Waals surface area contributed by atoms with E-state index in [-0.39, 0.29) is 37.5 Å². The normalized spacial score (nSPS) is 10.8. The van der Waals surface area contributed by atoms with Crippen LogP contribution in [-0.4, -0.2) is 16.7 Å². The summed E-state index contributed by atoms with van der Waals surface area (Å²) in [6, 6.07) is 3.31. The topological polar surface area (TPSA) is 59.1 Å². The SMILES string of the molecule is Cl.Cl.N[C@H](CO)c1ccncc1. The van der Waals surface area contributed by atoms with Gasteiger partial charge in [-0.25, -0.2) is 0 Å². The molecule has 0 radical (unpaired) electrons. The molecular weight excluding hydrogens is 199 g/mol. The molecule has 0 aliphatic carbocycles. The van der Waals surface area contributed by atoms with Crippen LogP contribution in [0.2, 0.25) is 0 Å². The monoisotopic (exact) mass is 210 g/mol. The highest BCUT2D eigenvalue weighted by Gasteiger charge is 2.00. The molecule has 1 aromatic heterocycles. The van der Waals surface area contributed by atoms with E-state index in [4.69, 9.17) is 10.8 Å². The van der Waals surface area contributed by atoms with Crippen LogP contribution < -0.4 is 5.73 Å². The summed E-state index contributed by atoms with van der Waals surface area (Å²) in [7, 11) is 0. The number of aliphatic hydroxyl groups is 1. The average Bonchev–Trinajstić information content (AvgIpc) is 2.05. The number of hydrogen-bond donors (Lipinski definition) is 2. The highest BCUT2D eigenvalue weighted by Crippen LogP contribution is 2.05. The zero-order valence-electron chi connectivity index (χ0n) is 6.38. The summed E-state index contributed by atoms with van der Waals surface area (Å²) in [6.45, 7) is -0.0238. The van der Waals surface area contributed by atoms with Gasteiger partial charge in [0.1, 0.15) is 0 Å². The van der Waals surface area contributed by atoms with Crippen molar-refractivity contribution in [3.8, 4) is 0 Å². The van der Waals surface area contributed by atoms with E-state index in [2.05, 4.69) is 4.98 Å². The molecule has 0 saturated carbocycles. The minimum absolute atomic E-state index is 0. The Bertz CT molecular complexity index is 196. The van der Waals surface area contributed by atoms with Crippen LogP contribution in [0.15, 0.2) is 24.5 Å². The Balaban J connectivity index is 0. The number of rotatable bonds is 2. The van der Waals surface area contributed by atoms with E-state index in [1.165, 1.54) is 0 Å². The fourth-order valence-corrected chi connectivity index (χ4v) is 0.716. The Kier molecular flexibility index (Phi) is 8.64. The van der Waals surface area contributed by atoms with Crippen molar-refractivity contribution in [3.05, 3.63) is 30.1 Å². The van der Waals surface area contributed by atoms with E-state index < -0.39 is 0 Å². The molecule has 5 heteroatoms. The maximum absolute atomic E-state index is 8.64. The van der Waals surface area contributed by atoms with Gasteiger partial charge in [-0.3, -0.25) is 4.98 Å². The van der Waals surface area contributed by atoms with Gasteiger partial charge >= 0.3 is 0 Å². The Labute approximate surface area is 83.8 Å². The van der Waals surface area contributed by atoms with Crippen LogP contribution in [0.25, 0.3) is 0 Å². The van der Waals surface area contributed by atoms with Gasteiger partial charge in [0, 0.05) is 12.4 Å². The predicted octanol–water partition coefficient (Wildman–Crippen LogP) is 0.917. The van der Waals surface area contributed by atoms with Crippen molar-refractivity contribution in [2.24, 2.45) is 5.73 Å². The maximum Gasteiger partial charge on any atom is 0.0624 e. The molecule has 0 unspecified atom stereocenters. The molecule has 0 aliphatic heterocycles. The molecule has 3 N–H and O–H groups in total. The Morgan fingerprint density at radius 1 is 1.33 bits per heavy atom.